The average Bonchev–Trinajstić information content (AvgIpc) is 2.67. The van der Waals surface area contributed by atoms with Gasteiger partial charge in [-0.05, 0) is 56.3 Å². The number of hydrogen-bond acceptors (Lipinski definition) is 5. The van der Waals surface area contributed by atoms with E-state index in [1.807, 2.05) is 13.8 Å². The van der Waals surface area contributed by atoms with Gasteiger partial charge >= 0.3 is 5.97 Å². The zero-order chi connectivity index (χ0) is 20.7. The molecule has 0 heterocycles. The standard InChI is InChI=1S/C20H22ClN3O4/c1-3-24(4-2)19(26)13-5-8-15(9-6-13)23-18(25)12-28-20(27)16-10-7-14(21)11-17(16)22/h5-11H,3-4,12,22H2,1-2H3,(H,23,25). The van der Waals surface area contributed by atoms with Crippen molar-refractivity contribution < 1.29 is 19.1 Å². The summed E-state index contributed by atoms with van der Waals surface area (Å²) in [6, 6.07) is 10.9. The monoisotopic (exact) mass is 403 g/mol. The smallest absolute Gasteiger partial charge is 0.340 e. The third-order valence-electron chi connectivity index (χ3n) is 4.03. The Morgan fingerprint density at radius 3 is 2.29 bits per heavy atom. The van der Waals surface area contributed by atoms with E-state index in [1.165, 1.54) is 18.2 Å². The minimum absolute atomic E-state index is 0.0719. The van der Waals surface area contributed by atoms with E-state index in [-0.39, 0.29) is 17.2 Å². The van der Waals surface area contributed by atoms with Crippen LogP contribution in [-0.4, -0.2) is 42.4 Å². The SMILES string of the molecule is CCN(CC)C(=O)c1ccc(NC(=O)COC(=O)c2ccc(Cl)cc2N)cc1. The summed E-state index contributed by atoms with van der Waals surface area (Å²) in [5.74, 6) is -1.30. The van der Waals surface area contributed by atoms with Crippen LogP contribution in [-0.2, 0) is 9.53 Å². The molecule has 0 atom stereocenters. The van der Waals surface area contributed by atoms with Gasteiger partial charge in [0.05, 0.1) is 5.56 Å². The van der Waals surface area contributed by atoms with Gasteiger partial charge in [-0.1, -0.05) is 11.6 Å². The molecule has 0 radical (unpaired) electrons. The highest BCUT2D eigenvalue weighted by atomic mass is 35.5. The second-order valence-electron chi connectivity index (χ2n) is 5.91. The van der Waals surface area contributed by atoms with Gasteiger partial charge in [0, 0.05) is 35.1 Å². The highest BCUT2D eigenvalue weighted by Crippen LogP contribution is 2.19. The summed E-state index contributed by atoms with van der Waals surface area (Å²) in [6.07, 6.45) is 0. The molecule has 7 nitrogen and oxygen atoms in total. The lowest BCUT2D eigenvalue weighted by atomic mass is 10.1. The minimum Gasteiger partial charge on any atom is -0.452 e. The fraction of sp³-hybridized carbons (Fsp3) is 0.250. The Balaban J connectivity index is 1.91. The van der Waals surface area contributed by atoms with E-state index in [0.717, 1.165) is 0 Å². The molecule has 2 aromatic carbocycles. The highest BCUT2D eigenvalue weighted by Gasteiger charge is 2.15. The molecule has 0 aliphatic heterocycles. The molecule has 0 saturated heterocycles. The molecule has 0 saturated carbocycles. The van der Waals surface area contributed by atoms with Crippen molar-refractivity contribution in [3.05, 3.63) is 58.6 Å². The van der Waals surface area contributed by atoms with Crippen molar-refractivity contribution in [3.63, 3.8) is 0 Å². The van der Waals surface area contributed by atoms with Gasteiger partial charge in [-0.3, -0.25) is 9.59 Å². The van der Waals surface area contributed by atoms with Crippen molar-refractivity contribution in [2.75, 3.05) is 30.7 Å². The highest BCUT2D eigenvalue weighted by molar-refractivity contribution is 6.31. The summed E-state index contributed by atoms with van der Waals surface area (Å²) in [6.45, 7) is 4.60. The summed E-state index contributed by atoms with van der Waals surface area (Å²) in [5.41, 5.74) is 7.05. The maximum atomic E-state index is 12.3. The molecule has 0 spiro atoms. The maximum absolute atomic E-state index is 12.3. The number of anilines is 2. The normalized spacial score (nSPS) is 10.2. The predicted molar refractivity (Wildman–Crippen MR) is 108 cm³/mol. The van der Waals surface area contributed by atoms with Gasteiger partial charge in [0.15, 0.2) is 6.61 Å². The van der Waals surface area contributed by atoms with Crippen molar-refractivity contribution in [1.82, 2.24) is 4.90 Å². The first-order chi connectivity index (χ1) is 13.3. The van der Waals surface area contributed by atoms with Crippen molar-refractivity contribution in [2.45, 2.75) is 13.8 Å². The van der Waals surface area contributed by atoms with E-state index in [0.29, 0.717) is 29.4 Å². The predicted octanol–water partition coefficient (Wildman–Crippen LogP) is 3.20. The van der Waals surface area contributed by atoms with Crippen molar-refractivity contribution >= 4 is 40.8 Å². The molecule has 0 unspecified atom stereocenters. The van der Waals surface area contributed by atoms with E-state index in [4.69, 9.17) is 22.1 Å². The van der Waals surface area contributed by atoms with Crippen molar-refractivity contribution in [1.29, 1.82) is 0 Å². The Labute approximate surface area is 168 Å². The molecular weight excluding hydrogens is 382 g/mol. The number of amides is 2. The molecule has 8 heteroatoms. The Morgan fingerprint density at radius 2 is 1.71 bits per heavy atom. The van der Waals surface area contributed by atoms with Gasteiger partial charge in [0.2, 0.25) is 0 Å². The summed E-state index contributed by atoms with van der Waals surface area (Å²) < 4.78 is 4.97. The van der Waals surface area contributed by atoms with Crippen molar-refractivity contribution in [2.24, 2.45) is 0 Å². The molecule has 0 fully saturated rings. The largest absolute Gasteiger partial charge is 0.452 e. The number of ether oxygens (including phenoxy) is 1. The minimum atomic E-state index is -0.718. The first-order valence-electron chi connectivity index (χ1n) is 8.77. The molecule has 2 rings (SSSR count). The Morgan fingerprint density at radius 1 is 1.07 bits per heavy atom. The summed E-state index contributed by atoms with van der Waals surface area (Å²) in [5, 5.41) is 3.00. The van der Waals surface area contributed by atoms with Crippen LogP contribution in [0.15, 0.2) is 42.5 Å². The first kappa shape index (κ1) is 21.2. The van der Waals surface area contributed by atoms with Gasteiger partial charge in [0.1, 0.15) is 0 Å². The second-order valence-corrected chi connectivity index (χ2v) is 6.35. The number of carbonyl (C=O) groups is 3. The molecule has 0 aliphatic carbocycles. The molecule has 148 valence electrons. The van der Waals surface area contributed by atoms with Crippen LogP contribution < -0.4 is 11.1 Å². The van der Waals surface area contributed by atoms with Gasteiger partial charge in [-0.2, -0.15) is 0 Å². The van der Waals surface area contributed by atoms with Gasteiger partial charge in [0.25, 0.3) is 11.8 Å². The number of hydrogen-bond donors (Lipinski definition) is 2. The van der Waals surface area contributed by atoms with Crippen LogP contribution in [0.25, 0.3) is 0 Å². The number of esters is 1. The van der Waals surface area contributed by atoms with Crippen LogP contribution in [0.3, 0.4) is 0 Å². The number of nitrogens with one attached hydrogen (secondary N) is 1. The fourth-order valence-corrected chi connectivity index (χ4v) is 2.70. The Hall–Kier alpha value is -3.06. The summed E-state index contributed by atoms with van der Waals surface area (Å²) in [4.78, 5) is 38.0. The zero-order valence-corrected chi connectivity index (χ0v) is 16.5. The zero-order valence-electron chi connectivity index (χ0n) is 15.7. The molecule has 2 amide bonds. The maximum Gasteiger partial charge on any atom is 0.340 e. The number of benzene rings is 2. The third kappa shape index (κ3) is 5.47. The lowest BCUT2D eigenvalue weighted by Gasteiger charge is -2.18. The quantitative estimate of drug-likeness (QED) is 0.546. The number of halogens is 1. The number of carbonyl (C=O) groups excluding carboxylic acids is 3. The molecule has 0 bridgehead atoms. The molecule has 28 heavy (non-hydrogen) atoms. The Bertz CT molecular complexity index is 864. The Kier molecular flexibility index (Phi) is 7.40. The lowest BCUT2D eigenvalue weighted by Crippen LogP contribution is -2.30. The van der Waals surface area contributed by atoms with Crippen molar-refractivity contribution in [3.8, 4) is 0 Å². The van der Waals surface area contributed by atoms with Gasteiger partial charge in [-0.25, -0.2) is 4.79 Å². The van der Waals surface area contributed by atoms with E-state index < -0.39 is 18.5 Å². The van der Waals surface area contributed by atoms with Gasteiger partial charge < -0.3 is 20.7 Å². The second kappa shape index (κ2) is 9.75. The summed E-state index contributed by atoms with van der Waals surface area (Å²) in [7, 11) is 0. The van der Waals surface area contributed by atoms with Gasteiger partial charge in [-0.15, -0.1) is 0 Å². The van der Waals surface area contributed by atoms with Crippen LogP contribution in [0, 0.1) is 0 Å². The molecule has 3 N–H and O–H groups in total. The van der Waals surface area contributed by atoms with E-state index in [1.54, 1.807) is 29.2 Å². The first-order valence-corrected chi connectivity index (χ1v) is 9.14. The van der Waals surface area contributed by atoms with Crippen LogP contribution in [0.4, 0.5) is 11.4 Å². The number of nitrogens with two attached hydrogens (primary N) is 1. The molecule has 0 aliphatic rings. The van der Waals surface area contributed by atoms with Crippen LogP contribution in [0.1, 0.15) is 34.6 Å². The van der Waals surface area contributed by atoms with E-state index >= 15 is 0 Å². The van der Waals surface area contributed by atoms with Crippen LogP contribution >= 0.6 is 11.6 Å². The fourth-order valence-electron chi connectivity index (χ4n) is 2.51. The molecule has 0 aromatic heterocycles. The summed E-state index contributed by atoms with van der Waals surface area (Å²) >= 11 is 5.78. The van der Waals surface area contributed by atoms with Crippen LogP contribution in [0.5, 0.6) is 0 Å². The topological polar surface area (TPSA) is 102 Å². The van der Waals surface area contributed by atoms with Crippen LogP contribution in [0.2, 0.25) is 5.02 Å². The number of nitrogen functional groups attached to an aromatic ring is 1. The van der Waals surface area contributed by atoms with E-state index in [9.17, 15) is 14.4 Å². The molecular formula is C20H22ClN3O4. The lowest BCUT2D eigenvalue weighted by molar-refractivity contribution is -0.119. The average molecular weight is 404 g/mol. The third-order valence-corrected chi connectivity index (χ3v) is 4.27. The number of nitrogens with zero attached hydrogens (tertiary/aromatic N) is 1. The molecule has 2 aromatic rings. The van der Waals surface area contributed by atoms with E-state index in [2.05, 4.69) is 5.32 Å². The number of rotatable bonds is 7.